The average Bonchev–Trinajstić information content (AvgIpc) is 3.34. The van der Waals surface area contributed by atoms with Gasteiger partial charge in [-0.1, -0.05) is 31.0 Å². The monoisotopic (exact) mass is 557 g/mol. The molecule has 0 saturated heterocycles. The Morgan fingerprint density at radius 2 is 1.73 bits per heavy atom. The molecule has 10 heteroatoms. The molecule has 0 radical (unpaired) electrons. The topological polar surface area (TPSA) is 136 Å². The van der Waals surface area contributed by atoms with E-state index < -0.39 is 41.6 Å². The predicted octanol–water partition coefficient (Wildman–Crippen LogP) is 3.08. The molecule has 2 N–H and O–H groups in total. The molecule has 1 saturated carbocycles. The van der Waals surface area contributed by atoms with Gasteiger partial charge in [0.25, 0.3) is 0 Å². The van der Waals surface area contributed by atoms with Gasteiger partial charge in [0.05, 0.1) is 5.92 Å². The number of benzene rings is 1. The molecule has 40 heavy (non-hydrogen) atoms. The highest BCUT2D eigenvalue weighted by Crippen LogP contribution is 2.46. The van der Waals surface area contributed by atoms with Crippen LogP contribution < -0.4 is 4.90 Å². The lowest BCUT2D eigenvalue weighted by Crippen LogP contribution is -2.42. The van der Waals surface area contributed by atoms with Crippen molar-refractivity contribution in [3.05, 3.63) is 29.8 Å². The summed E-state index contributed by atoms with van der Waals surface area (Å²) in [6.45, 7) is 0.843. The van der Waals surface area contributed by atoms with Gasteiger partial charge in [0.2, 0.25) is 11.8 Å². The van der Waals surface area contributed by atoms with Gasteiger partial charge in [0, 0.05) is 43.5 Å². The zero-order valence-corrected chi connectivity index (χ0v) is 23.9. The predicted molar refractivity (Wildman–Crippen MR) is 150 cm³/mol. The highest BCUT2D eigenvalue weighted by molar-refractivity contribution is 6.02. The number of nitrogens with zero attached hydrogens (tertiary/aromatic N) is 3. The van der Waals surface area contributed by atoms with Gasteiger partial charge in [0.15, 0.2) is 0 Å². The minimum absolute atomic E-state index is 0.0618. The lowest BCUT2D eigenvalue weighted by Gasteiger charge is -2.32. The van der Waals surface area contributed by atoms with Crippen molar-refractivity contribution < 1.29 is 34.2 Å². The van der Waals surface area contributed by atoms with Crippen molar-refractivity contribution in [3.63, 3.8) is 0 Å². The minimum atomic E-state index is -1.14. The number of carbonyl (C=O) groups is 5. The normalized spacial score (nSPS) is 19.1. The van der Waals surface area contributed by atoms with Crippen LogP contribution in [0.25, 0.3) is 0 Å². The van der Waals surface area contributed by atoms with Crippen molar-refractivity contribution in [1.29, 1.82) is 0 Å². The summed E-state index contributed by atoms with van der Waals surface area (Å²) in [5, 5.41) is 19.5. The molecular formula is C30H43N3O7. The van der Waals surface area contributed by atoms with E-state index in [0.717, 1.165) is 31.4 Å². The Bertz CT molecular complexity index is 1100. The first-order valence-electron chi connectivity index (χ1n) is 14.2. The summed E-state index contributed by atoms with van der Waals surface area (Å²) in [4.78, 5) is 69.0. The van der Waals surface area contributed by atoms with E-state index in [1.807, 2.05) is 31.1 Å². The molecule has 2 atom stereocenters. The van der Waals surface area contributed by atoms with Crippen LogP contribution in [0.5, 0.6) is 0 Å². The van der Waals surface area contributed by atoms with E-state index >= 15 is 0 Å². The number of Topliss-reactive ketones (excluding diaryl/α,β-unsaturated/α-hetero) is 1. The zero-order chi connectivity index (χ0) is 29.4. The molecule has 0 aromatic heterocycles. The van der Waals surface area contributed by atoms with Crippen molar-refractivity contribution >= 4 is 35.2 Å². The molecule has 2 amide bonds. The van der Waals surface area contributed by atoms with Crippen molar-refractivity contribution in [2.75, 3.05) is 45.7 Å². The number of hydrogen-bond acceptors (Lipinski definition) is 6. The summed E-state index contributed by atoms with van der Waals surface area (Å²) in [5.41, 5.74) is 0.519. The first kappa shape index (κ1) is 31.3. The number of ketones is 1. The van der Waals surface area contributed by atoms with Crippen LogP contribution in [0, 0.1) is 17.3 Å². The van der Waals surface area contributed by atoms with Crippen LogP contribution >= 0.6 is 0 Å². The molecule has 1 aromatic rings. The van der Waals surface area contributed by atoms with E-state index in [1.54, 1.807) is 24.1 Å². The van der Waals surface area contributed by atoms with Gasteiger partial charge in [-0.3, -0.25) is 24.0 Å². The van der Waals surface area contributed by atoms with Gasteiger partial charge >= 0.3 is 11.9 Å². The average molecular weight is 558 g/mol. The quantitative estimate of drug-likeness (QED) is 0.356. The van der Waals surface area contributed by atoms with Crippen LogP contribution in [0.3, 0.4) is 0 Å². The first-order chi connectivity index (χ1) is 18.9. The second-order valence-corrected chi connectivity index (χ2v) is 11.7. The first-order valence-corrected chi connectivity index (χ1v) is 14.2. The number of hydrogen-bond donors (Lipinski definition) is 2. The molecule has 10 nitrogen and oxygen atoms in total. The SMILES string of the molecule is CN(C)CCCN(C)C(=O)C[C@H](CC1(C(=O)C[C@H]2CCc3ccccc3N(CC(=O)O)C2=O)CCCC1)C(=O)O. The molecule has 220 valence electrons. The Morgan fingerprint density at radius 3 is 2.35 bits per heavy atom. The number of carboxylic acid groups (broad SMARTS) is 2. The molecule has 3 rings (SSSR count). The van der Waals surface area contributed by atoms with Crippen molar-refractivity contribution in [3.8, 4) is 0 Å². The standard InChI is InChI=1S/C30H43N3O7/c1-31(2)15-8-16-32(3)26(35)18-23(29(39)40)19-30(13-6-7-14-30)25(34)17-22-12-11-21-9-4-5-10-24(21)33(28(22)38)20-27(36)37/h4-5,9-10,22-23H,6-8,11-20H2,1-3H3,(H,36,37)(H,39,40)/t22-,23-/m1/s1. The molecule has 1 aliphatic heterocycles. The Kier molecular flexibility index (Phi) is 10.8. The van der Waals surface area contributed by atoms with E-state index in [4.69, 9.17) is 0 Å². The third kappa shape index (κ3) is 7.90. The van der Waals surface area contributed by atoms with E-state index in [2.05, 4.69) is 0 Å². The van der Waals surface area contributed by atoms with Crippen LogP contribution in [0.2, 0.25) is 0 Å². The fourth-order valence-electron chi connectivity index (χ4n) is 6.19. The van der Waals surface area contributed by atoms with E-state index in [-0.39, 0.29) is 31.0 Å². The largest absolute Gasteiger partial charge is 0.481 e. The molecule has 2 aliphatic rings. The number of rotatable bonds is 14. The van der Waals surface area contributed by atoms with Crippen molar-refractivity contribution in [1.82, 2.24) is 9.80 Å². The smallest absolute Gasteiger partial charge is 0.323 e. The lowest BCUT2D eigenvalue weighted by atomic mass is 9.71. The Hall–Kier alpha value is -3.27. The lowest BCUT2D eigenvalue weighted by molar-refractivity contribution is -0.148. The molecule has 1 heterocycles. The highest BCUT2D eigenvalue weighted by atomic mass is 16.4. The molecular weight excluding hydrogens is 514 g/mol. The number of fused-ring (bicyclic) bond motifs is 1. The number of anilines is 1. The Balaban J connectivity index is 1.74. The fraction of sp³-hybridized carbons (Fsp3) is 0.633. The van der Waals surface area contributed by atoms with Gasteiger partial charge in [-0.25, -0.2) is 0 Å². The summed E-state index contributed by atoms with van der Waals surface area (Å²) in [5.74, 6) is -4.72. The van der Waals surface area contributed by atoms with Gasteiger partial charge in [-0.15, -0.1) is 0 Å². The van der Waals surface area contributed by atoms with Crippen LogP contribution in [-0.4, -0.2) is 90.3 Å². The molecule has 0 bridgehead atoms. The third-order valence-corrected chi connectivity index (χ3v) is 8.47. The maximum atomic E-state index is 13.9. The third-order valence-electron chi connectivity index (χ3n) is 8.47. The maximum absolute atomic E-state index is 13.9. The van der Waals surface area contributed by atoms with Crippen LogP contribution in [0.1, 0.15) is 63.4 Å². The van der Waals surface area contributed by atoms with E-state index in [9.17, 15) is 34.2 Å². The van der Waals surface area contributed by atoms with Crippen LogP contribution in [-0.2, 0) is 30.4 Å². The van der Waals surface area contributed by atoms with Gasteiger partial charge in [-0.2, -0.15) is 0 Å². The number of carboxylic acids is 2. The maximum Gasteiger partial charge on any atom is 0.323 e. The second kappa shape index (κ2) is 13.9. The van der Waals surface area contributed by atoms with E-state index in [1.165, 1.54) is 4.90 Å². The van der Waals surface area contributed by atoms with E-state index in [0.29, 0.717) is 37.9 Å². The number of aliphatic carboxylic acids is 2. The summed E-state index contributed by atoms with van der Waals surface area (Å²) >= 11 is 0. The molecule has 0 spiro atoms. The summed E-state index contributed by atoms with van der Waals surface area (Å²) in [6.07, 6.45) is 4.18. The number of para-hydroxylation sites is 1. The Labute approximate surface area is 236 Å². The van der Waals surface area contributed by atoms with Gasteiger partial charge < -0.3 is 24.9 Å². The minimum Gasteiger partial charge on any atom is -0.481 e. The highest BCUT2D eigenvalue weighted by Gasteiger charge is 2.46. The molecule has 1 aromatic carbocycles. The second-order valence-electron chi connectivity index (χ2n) is 11.7. The van der Waals surface area contributed by atoms with Gasteiger partial charge in [0.1, 0.15) is 12.3 Å². The molecule has 1 aliphatic carbocycles. The summed E-state index contributed by atoms with van der Waals surface area (Å²) < 4.78 is 0. The molecule has 1 fully saturated rings. The molecule has 0 unspecified atom stereocenters. The fourth-order valence-corrected chi connectivity index (χ4v) is 6.19. The number of carbonyl (C=O) groups excluding carboxylic acids is 3. The van der Waals surface area contributed by atoms with Crippen molar-refractivity contribution in [2.45, 2.75) is 64.2 Å². The Morgan fingerprint density at radius 1 is 1.05 bits per heavy atom. The zero-order valence-electron chi connectivity index (χ0n) is 23.9. The van der Waals surface area contributed by atoms with Crippen LogP contribution in [0.15, 0.2) is 24.3 Å². The number of aryl methyl sites for hydroxylation is 1. The summed E-state index contributed by atoms with van der Waals surface area (Å²) in [7, 11) is 5.57. The van der Waals surface area contributed by atoms with Crippen molar-refractivity contribution in [2.24, 2.45) is 17.3 Å². The van der Waals surface area contributed by atoms with Crippen LogP contribution in [0.4, 0.5) is 5.69 Å². The number of amides is 2. The summed E-state index contributed by atoms with van der Waals surface area (Å²) in [6, 6.07) is 7.19. The van der Waals surface area contributed by atoms with Gasteiger partial charge in [-0.05, 0) is 70.8 Å².